The summed E-state index contributed by atoms with van der Waals surface area (Å²) in [4.78, 5) is 4.19. The molecule has 0 aromatic carbocycles. The van der Waals surface area contributed by atoms with Gasteiger partial charge in [0.1, 0.15) is 0 Å². The molecule has 0 saturated carbocycles. The molecule has 2 nitrogen and oxygen atoms in total. The molecule has 0 aliphatic heterocycles. The van der Waals surface area contributed by atoms with Crippen molar-refractivity contribution in [3.8, 4) is 0 Å². The van der Waals surface area contributed by atoms with Crippen molar-refractivity contribution in [2.75, 3.05) is 13.1 Å². The molecule has 0 radical (unpaired) electrons. The van der Waals surface area contributed by atoms with Crippen LogP contribution in [0.3, 0.4) is 0 Å². The van der Waals surface area contributed by atoms with Crippen molar-refractivity contribution in [3.05, 3.63) is 48.7 Å². The van der Waals surface area contributed by atoms with Crippen molar-refractivity contribution in [3.63, 3.8) is 0 Å². The van der Waals surface area contributed by atoms with E-state index in [1.807, 2.05) is 12.3 Å². The molecule has 0 bridgehead atoms. The number of rotatable bonds is 8. The Kier molecular flexibility index (Phi) is 9.23. The van der Waals surface area contributed by atoms with Gasteiger partial charge in [-0.1, -0.05) is 45.2 Å². The highest BCUT2D eigenvalue weighted by molar-refractivity contribution is 5.61. The Morgan fingerprint density at radius 3 is 2.69 bits per heavy atom. The van der Waals surface area contributed by atoms with Crippen LogP contribution in [0.15, 0.2) is 53.7 Å². The first kappa shape index (κ1) is 14.6. The third kappa shape index (κ3) is 6.96. The highest BCUT2D eigenvalue weighted by Gasteiger charge is 1.92. The van der Waals surface area contributed by atoms with Crippen LogP contribution < -0.4 is 5.32 Å². The van der Waals surface area contributed by atoms with E-state index in [2.05, 4.69) is 43.4 Å². The molecule has 0 atom stereocenters. The van der Waals surface area contributed by atoms with Crippen molar-refractivity contribution < 1.29 is 0 Å². The Hall–Kier alpha value is -1.41. The molecular formula is C14H22N2. The first-order valence-corrected chi connectivity index (χ1v) is 5.67. The maximum absolute atomic E-state index is 4.19. The van der Waals surface area contributed by atoms with E-state index >= 15 is 0 Å². The van der Waals surface area contributed by atoms with Crippen LogP contribution in [0.4, 0.5) is 0 Å². The lowest BCUT2D eigenvalue weighted by molar-refractivity contribution is 0.824. The van der Waals surface area contributed by atoms with Gasteiger partial charge in [-0.15, -0.1) is 0 Å². The maximum Gasteiger partial charge on any atom is 0.0342 e. The van der Waals surface area contributed by atoms with Crippen LogP contribution in [-0.2, 0) is 0 Å². The molecule has 2 heteroatoms. The number of nitrogens with zero attached hydrogens (tertiary/aromatic N) is 1. The van der Waals surface area contributed by atoms with E-state index in [1.54, 1.807) is 12.3 Å². The molecule has 88 valence electrons. The minimum Gasteiger partial charge on any atom is -0.312 e. The van der Waals surface area contributed by atoms with E-state index in [4.69, 9.17) is 0 Å². The Bertz CT molecular complexity index is 296. The lowest BCUT2D eigenvalue weighted by atomic mass is 10.1. The lowest BCUT2D eigenvalue weighted by Gasteiger charge is -1.98. The Morgan fingerprint density at radius 2 is 2.12 bits per heavy atom. The monoisotopic (exact) mass is 218 g/mol. The van der Waals surface area contributed by atoms with Crippen molar-refractivity contribution in [2.24, 2.45) is 4.99 Å². The summed E-state index contributed by atoms with van der Waals surface area (Å²) in [5, 5.41) is 3.16. The van der Waals surface area contributed by atoms with Crippen molar-refractivity contribution >= 4 is 6.21 Å². The van der Waals surface area contributed by atoms with Crippen molar-refractivity contribution in [1.82, 2.24) is 5.32 Å². The van der Waals surface area contributed by atoms with Gasteiger partial charge in [-0.05, 0) is 24.1 Å². The third-order valence-corrected chi connectivity index (χ3v) is 1.95. The average Bonchev–Trinajstić information content (AvgIpc) is 2.31. The third-order valence-electron chi connectivity index (χ3n) is 1.95. The van der Waals surface area contributed by atoms with E-state index < -0.39 is 0 Å². The summed E-state index contributed by atoms with van der Waals surface area (Å²) in [6, 6.07) is 0. The summed E-state index contributed by atoms with van der Waals surface area (Å²) in [5.41, 5.74) is 1.90. The van der Waals surface area contributed by atoms with E-state index in [1.165, 1.54) is 0 Å². The second-order valence-corrected chi connectivity index (χ2v) is 3.26. The van der Waals surface area contributed by atoms with Crippen LogP contribution in [0.2, 0.25) is 0 Å². The quantitative estimate of drug-likeness (QED) is 0.377. The molecule has 16 heavy (non-hydrogen) atoms. The van der Waals surface area contributed by atoms with E-state index in [9.17, 15) is 0 Å². The van der Waals surface area contributed by atoms with Crippen LogP contribution in [-0.4, -0.2) is 19.3 Å². The van der Waals surface area contributed by atoms with Gasteiger partial charge in [0.05, 0.1) is 0 Å². The SMILES string of the molecule is C=C/C(=C\N=C/CNCC)C(=C)/C=C\CC. The summed E-state index contributed by atoms with van der Waals surface area (Å²) >= 11 is 0. The van der Waals surface area contributed by atoms with Gasteiger partial charge in [0.15, 0.2) is 0 Å². The summed E-state index contributed by atoms with van der Waals surface area (Å²) in [5.74, 6) is 0. The second-order valence-electron chi connectivity index (χ2n) is 3.26. The number of nitrogens with one attached hydrogen (secondary N) is 1. The molecule has 0 spiro atoms. The number of aliphatic imine (C=N–C) groups is 1. The molecule has 0 aromatic heterocycles. The first-order valence-electron chi connectivity index (χ1n) is 5.67. The zero-order valence-corrected chi connectivity index (χ0v) is 10.4. The Balaban J connectivity index is 4.31. The number of hydrogen-bond acceptors (Lipinski definition) is 2. The van der Waals surface area contributed by atoms with Gasteiger partial charge in [-0.25, -0.2) is 0 Å². The van der Waals surface area contributed by atoms with E-state index in [0.29, 0.717) is 0 Å². The summed E-state index contributed by atoms with van der Waals surface area (Å²) in [6.45, 7) is 13.6. The van der Waals surface area contributed by atoms with E-state index in [-0.39, 0.29) is 0 Å². The van der Waals surface area contributed by atoms with Gasteiger partial charge in [-0.2, -0.15) is 0 Å². The molecule has 0 rings (SSSR count). The van der Waals surface area contributed by atoms with Crippen molar-refractivity contribution in [2.45, 2.75) is 20.3 Å². The minimum absolute atomic E-state index is 0.786. The molecule has 0 fully saturated rings. The average molecular weight is 218 g/mol. The topological polar surface area (TPSA) is 24.4 Å². The fourth-order valence-electron chi connectivity index (χ4n) is 1.02. The molecule has 0 unspecified atom stereocenters. The molecule has 0 aliphatic carbocycles. The highest BCUT2D eigenvalue weighted by atomic mass is 14.9. The molecule has 1 N–H and O–H groups in total. The number of allylic oxidation sites excluding steroid dienone is 5. The van der Waals surface area contributed by atoms with Gasteiger partial charge in [-0.3, -0.25) is 4.99 Å². The van der Waals surface area contributed by atoms with Gasteiger partial charge >= 0.3 is 0 Å². The summed E-state index contributed by atoms with van der Waals surface area (Å²) in [7, 11) is 0. The predicted molar refractivity (Wildman–Crippen MR) is 73.9 cm³/mol. The van der Waals surface area contributed by atoms with Gasteiger partial charge in [0.2, 0.25) is 0 Å². The van der Waals surface area contributed by atoms with Gasteiger partial charge in [0.25, 0.3) is 0 Å². The van der Waals surface area contributed by atoms with Crippen LogP contribution >= 0.6 is 0 Å². The number of hydrogen-bond donors (Lipinski definition) is 1. The van der Waals surface area contributed by atoms with Crippen LogP contribution in [0.1, 0.15) is 20.3 Å². The fraction of sp³-hybridized carbons (Fsp3) is 0.357. The molecule has 0 aromatic rings. The van der Waals surface area contributed by atoms with Crippen LogP contribution in [0.25, 0.3) is 0 Å². The minimum atomic E-state index is 0.786. The lowest BCUT2D eigenvalue weighted by Crippen LogP contribution is -2.14. The first-order chi connectivity index (χ1) is 7.76. The summed E-state index contributed by atoms with van der Waals surface area (Å²) < 4.78 is 0. The van der Waals surface area contributed by atoms with Crippen LogP contribution in [0.5, 0.6) is 0 Å². The summed E-state index contributed by atoms with van der Waals surface area (Å²) in [6.07, 6.45) is 10.5. The van der Waals surface area contributed by atoms with Crippen LogP contribution in [0, 0.1) is 0 Å². The molecule has 0 aliphatic rings. The standard InChI is InChI=1S/C14H22N2/c1-5-8-9-13(4)14(6-2)12-16-11-10-15-7-3/h6,8-9,11-12,15H,2,4-5,7,10H2,1,3H3/b9-8-,14-12+,16-11-. The zero-order valence-electron chi connectivity index (χ0n) is 10.4. The predicted octanol–water partition coefficient (Wildman–Crippen LogP) is 3.26. The normalized spacial score (nSPS) is 12.5. The molecular weight excluding hydrogens is 196 g/mol. The Labute approximate surface area is 99.2 Å². The van der Waals surface area contributed by atoms with Gasteiger partial charge < -0.3 is 5.32 Å². The maximum atomic E-state index is 4.19. The molecule has 0 heterocycles. The largest absolute Gasteiger partial charge is 0.312 e. The fourth-order valence-corrected chi connectivity index (χ4v) is 1.02. The smallest absolute Gasteiger partial charge is 0.0342 e. The second kappa shape index (κ2) is 10.1. The zero-order chi connectivity index (χ0) is 12.2. The van der Waals surface area contributed by atoms with Crippen molar-refractivity contribution in [1.29, 1.82) is 0 Å². The molecule has 0 saturated heterocycles. The molecule has 0 amide bonds. The Morgan fingerprint density at radius 1 is 1.38 bits per heavy atom. The van der Waals surface area contributed by atoms with Gasteiger partial charge in [0, 0.05) is 19.0 Å². The van der Waals surface area contributed by atoms with E-state index in [0.717, 1.165) is 30.7 Å². The highest BCUT2D eigenvalue weighted by Crippen LogP contribution is 2.10.